The summed E-state index contributed by atoms with van der Waals surface area (Å²) in [5.74, 6) is 0. The van der Waals surface area contributed by atoms with E-state index in [2.05, 4.69) is 4.74 Å². The molecule has 0 N–H and O–H groups in total. The van der Waals surface area contributed by atoms with E-state index in [-0.39, 0.29) is 0 Å². The van der Waals surface area contributed by atoms with Gasteiger partial charge < -0.3 is 0 Å². The molecule has 0 unspecified atom stereocenters. The first-order chi connectivity index (χ1) is 11.9. The summed E-state index contributed by atoms with van der Waals surface area (Å²) >= 11 is -7.51. The van der Waals surface area contributed by atoms with Crippen molar-refractivity contribution in [1.82, 2.24) is 0 Å². The maximum atomic E-state index is 11.4. The van der Waals surface area contributed by atoms with E-state index in [0.717, 1.165) is 0 Å². The van der Waals surface area contributed by atoms with E-state index in [1.54, 1.807) is 0 Å². The van der Waals surface area contributed by atoms with Gasteiger partial charge in [-0.15, -0.1) is 13.2 Å². The van der Waals surface area contributed by atoms with Crippen LogP contribution in [0.15, 0.2) is 17.9 Å². The molecule has 0 aromatic rings. The Morgan fingerprint density at radius 1 is 0.607 bits per heavy atom. The number of ether oxygens (including phenoxy) is 1. The van der Waals surface area contributed by atoms with Crippen molar-refractivity contribution in [3.63, 3.8) is 0 Å². The topological polar surface area (TPSA) is 9.23 Å². The number of hydrogen-bond acceptors (Lipinski definition) is 1. The van der Waals surface area contributed by atoms with Crippen molar-refractivity contribution in [1.29, 1.82) is 0 Å². The standard InChI is InChI=1S/C3F4.C2HF5O.3CF3.Bi/c4-2(5)1-3(6)7;3-1(4)8-2(5,6)7;3*2-1(3)4;/h;1H;;;;. The van der Waals surface area contributed by atoms with Gasteiger partial charge in [0.2, 0.25) is 0 Å². The van der Waals surface area contributed by atoms with Gasteiger partial charge >= 0.3 is 98.1 Å². The van der Waals surface area contributed by atoms with E-state index in [9.17, 15) is 79.0 Å². The Labute approximate surface area is 148 Å². The Kier molecular flexibility index (Phi) is 13.6. The fraction of sp³-hybridized carbons (Fsp3) is 0.625. The summed E-state index contributed by atoms with van der Waals surface area (Å²) in [6, 6.07) is 0. The Hall–Kier alpha value is -0.897. The molecule has 28 heavy (non-hydrogen) atoms. The average molecular weight is 664 g/mol. The van der Waals surface area contributed by atoms with Crippen LogP contribution < -0.4 is 0 Å². The third-order valence-electron chi connectivity index (χ3n) is 1.17. The molecule has 0 heterocycles. The molecule has 0 amide bonds. The van der Waals surface area contributed by atoms with Crippen LogP contribution in [0.2, 0.25) is 0 Å². The first-order valence-electron chi connectivity index (χ1n) is 5.07. The SMILES string of the molecule is FC(F)=C=C(F)F.FC(F)OC(F)(F)F.F[C](F)(F)[Bi]([C](F)(F)F)[C](F)(F)F. The van der Waals surface area contributed by atoms with Crippen LogP contribution in [0.5, 0.6) is 0 Å². The summed E-state index contributed by atoms with van der Waals surface area (Å²) < 4.78 is 181. The summed E-state index contributed by atoms with van der Waals surface area (Å²) in [6.07, 6.45) is -10.2. The van der Waals surface area contributed by atoms with Gasteiger partial charge in [-0.25, -0.2) is 4.74 Å². The molecule has 0 aliphatic rings. The Morgan fingerprint density at radius 2 is 0.857 bits per heavy atom. The van der Waals surface area contributed by atoms with Crippen LogP contribution in [0, 0.1) is 0 Å². The van der Waals surface area contributed by atoms with E-state index >= 15 is 0 Å². The molecule has 0 atom stereocenters. The van der Waals surface area contributed by atoms with E-state index in [4.69, 9.17) is 0 Å². The van der Waals surface area contributed by atoms with Crippen LogP contribution in [-0.2, 0) is 4.74 Å². The van der Waals surface area contributed by atoms with Crippen LogP contribution in [0.1, 0.15) is 0 Å². The average Bonchev–Trinajstić information content (AvgIpc) is 2.15. The molecule has 0 saturated carbocycles. The van der Waals surface area contributed by atoms with Crippen molar-refractivity contribution in [2.45, 2.75) is 24.6 Å². The summed E-state index contributed by atoms with van der Waals surface area (Å²) in [5, 5.41) is 0. The van der Waals surface area contributed by atoms with E-state index < -0.39 is 58.5 Å². The third kappa shape index (κ3) is 21.4. The van der Waals surface area contributed by atoms with Gasteiger partial charge in [0, 0.05) is 5.73 Å². The summed E-state index contributed by atoms with van der Waals surface area (Å²) in [5.41, 5.74) is 0.472. The zero-order valence-electron chi connectivity index (χ0n) is 11.7. The molecule has 20 heteroatoms. The Bertz CT molecular complexity index is 448. The Balaban J connectivity index is -0.000000359. The van der Waals surface area contributed by atoms with Gasteiger partial charge in [0.05, 0.1) is 0 Å². The third-order valence-corrected chi connectivity index (χ3v) is 7.09. The fourth-order valence-electron chi connectivity index (χ4n) is 0.604. The zero-order chi connectivity index (χ0) is 23.7. The number of alkyl halides is 14. The van der Waals surface area contributed by atoms with Crippen LogP contribution in [0.25, 0.3) is 0 Å². The van der Waals surface area contributed by atoms with Crippen molar-refractivity contribution in [3.05, 3.63) is 17.9 Å². The fourth-order valence-corrected chi connectivity index (χ4v) is 3.96. The number of rotatable bonds is 1. The first-order valence-corrected chi connectivity index (χ1v) is 10.3. The summed E-state index contributed by atoms with van der Waals surface area (Å²) in [4.78, 5) is 0. The molecule has 0 fully saturated rings. The van der Waals surface area contributed by atoms with Crippen LogP contribution in [0.3, 0.4) is 0 Å². The predicted molar refractivity (Wildman–Crippen MR) is 52.0 cm³/mol. The second-order valence-corrected chi connectivity index (χ2v) is 11.7. The van der Waals surface area contributed by atoms with Gasteiger partial charge in [-0.1, -0.05) is 0 Å². The van der Waals surface area contributed by atoms with Gasteiger partial charge in [0.1, 0.15) is 0 Å². The van der Waals surface area contributed by atoms with Crippen molar-refractivity contribution in [3.8, 4) is 0 Å². The maximum absolute atomic E-state index is 11.4. The van der Waals surface area contributed by atoms with E-state index in [0.29, 0.717) is 5.73 Å². The molecule has 0 bridgehead atoms. The molecule has 0 aliphatic carbocycles. The molecule has 0 spiro atoms. The zero-order valence-corrected chi connectivity index (χ0v) is 15.2. The monoisotopic (exact) mass is 664 g/mol. The van der Waals surface area contributed by atoms with Crippen molar-refractivity contribution in [2.75, 3.05) is 0 Å². The van der Waals surface area contributed by atoms with Crippen LogP contribution >= 0.6 is 0 Å². The van der Waals surface area contributed by atoms with Gasteiger partial charge in [0.25, 0.3) is 0 Å². The molecule has 170 valence electrons. The molecule has 0 aliphatic heterocycles. The molecular weight excluding hydrogens is 663 g/mol. The number of hydrogen-bond donors (Lipinski definition) is 0. The molecule has 0 radical (unpaired) electrons. The second-order valence-electron chi connectivity index (χ2n) is 3.21. The summed E-state index contributed by atoms with van der Waals surface area (Å²) in [6.45, 7) is -3.78. The van der Waals surface area contributed by atoms with Crippen molar-refractivity contribution >= 4 is 21.8 Å². The molecule has 0 saturated heterocycles. The second kappa shape index (κ2) is 11.9. The van der Waals surface area contributed by atoms with Gasteiger partial charge in [-0.3, -0.25) is 0 Å². The van der Waals surface area contributed by atoms with Crippen LogP contribution in [-0.4, -0.2) is 46.4 Å². The van der Waals surface area contributed by atoms with Gasteiger partial charge in [-0.05, 0) is 0 Å². The van der Waals surface area contributed by atoms with E-state index in [1.807, 2.05) is 0 Å². The molecule has 0 rings (SSSR count). The Morgan fingerprint density at radius 3 is 0.857 bits per heavy atom. The normalized spacial score (nSPS) is 12.6. The van der Waals surface area contributed by atoms with Gasteiger partial charge in [0.15, 0.2) is 0 Å². The predicted octanol–water partition coefficient (Wildman–Crippen LogP) is 6.68. The van der Waals surface area contributed by atoms with Crippen LogP contribution in [0.4, 0.5) is 79.0 Å². The summed E-state index contributed by atoms with van der Waals surface area (Å²) in [7, 11) is 0. The first kappa shape index (κ1) is 31.8. The minimum atomic E-state index is -7.51. The number of halogens is 18. The van der Waals surface area contributed by atoms with Crippen molar-refractivity contribution < 1.29 is 83.8 Å². The molecule has 0 aromatic heterocycles. The molecular formula is C8HBiF18O. The van der Waals surface area contributed by atoms with E-state index in [1.165, 1.54) is 0 Å². The quantitative estimate of drug-likeness (QED) is 0.173. The van der Waals surface area contributed by atoms with Gasteiger partial charge in [-0.2, -0.15) is 26.3 Å². The molecule has 0 aromatic carbocycles. The minimum absolute atomic E-state index is 0.472. The van der Waals surface area contributed by atoms with Crippen molar-refractivity contribution in [2.24, 2.45) is 0 Å². The molecule has 1 nitrogen and oxygen atoms in total.